The van der Waals surface area contributed by atoms with Crippen LogP contribution in [0, 0.1) is 0 Å². The zero-order valence-corrected chi connectivity index (χ0v) is 20.9. The average molecular weight is 514 g/mol. The second-order valence-electron chi connectivity index (χ2n) is 7.34. The number of anilines is 1. The van der Waals surface area contributed by atoms with Crippen LogP contribution in [0.1, 0.15) is 39.7 Å². The van der Waals surface area contributed by atoms with E-state index in [1.807, 2.05) is 56.3 Å². The number of carbonyl (C=O) groups is 2. The van der Waals surface area contributed by atoms with Crippen molar-refractivity contribution in [2.45, 2.75) is 34.1 Å². The maximum absolute atomic E-state index is 13.5. The van der Waals surface area contributed by atoms with E-state index in [4.69, 9.17) is 14.2 Å². The lowest BCUT2D eigenvalue weighted by Gasteiger charge is -2.18. The van der Waals surface area contributed by atoms with E-state index in [0.29, 0.717) is 36.1 Å². The Morgan fingerprint density at radius 3 is 2.36 bits per heavy atom. The highest BCUT2D eigenvalue weighted by Gasteiger charge is 2.38. The number of esters is 1. The number of nitrogens with zero attached hydrogens (tertiary/aromatic N) is 1. The van der Waals surface area contributed by atoms with Crippen LogP contribution in [0.5, 0.6) is 11.5 Å². The van der Waals surface area contributed by atoms with E-state index >= 15 is 0 Å². The van der Waals surface area contributed by atoms with Crippen molar-refractivity contribution in [3.63, 3.8) is 0 Å². The Labute approximate surface area is 203 Å². The van der Waals surface area contributed by atoms with Gasteiger partial charge in [0.1, 0.15) is 0 Å². The first-order valence-corrected chi connectivity index (χ1v) is 11.8. The highest BCUT2D eigenvalue weighted by Crippen LogP contribution is 2.37. The van der Waals surface area contributed by atoms with Gasteiger partial charge in [0.15, 0.2) is 11.5 Å². The lowest BCUT2D eigenvalue weighted by atomic mass is 10.0. The first-order chi connectivity index (χ1) is 15.9. The van der Waals surface area contributed by atoms with Crippen LogP contribution in [0.2, 0.25) is 0 Å². The quantitative estimate of drug-likeness (QED) is 0.308. The third kappa shape index (κ3) is 5.47. The highest BCUT2D eigenvalue weighted by atomic mass is 79.9. The standard InChI is InChI=1S/C26H28BrNO5/c1-5-14-33-22-13-8-18(16-23(22)31-6-2)15-21-24(26(30)32-7-3)17(4)28(25(21)29)20-11-9-19(27)10-12-20/h8-13,15-16H,5-7,14H2,1-4H3/b21-15-. The molecule has 0 N–H and O–H groups in total. The SMILES string of the molecule is CCCOc1ccc(/C=C2\C(=O)N(c3ccc(Br)cc3)C(C)=C2C(=O)OCC)cc1OCC. The summed E-state index contributed by atoms with van der Waals surface area (Å²) in [6, 6.07) is 12.8. The molecule has 174 valence electrons. The Kier molecular flexibility index (Phi) is 8.33. The summed E-state index contributed by atoms with van der Waals surface area (Å²) in [5.74, 6) is 0.422. The largest absolute Gasteiger partial charge is 0.490 e. The van der Waals surface area contributed by atoms with Crippen LogP contribution in [0.15, 0.2) is 63.8 Å². The summed E-state index contributed by atoms with van der Waals surface area (Å²) < 4.78 is 17.7. The van der Waals surface area contributed by atoms with Gasteiger partial charge in [-0.25, -0.2) is 4.79 Å². The fourth-order valence-electron chi connectivity index (χ4n) is 3.56. The third-order valence-electron chi connectivity index (χ3n) is 5.00. The van der Waals surface area contributed by atoms with E-state index in [0.717, 1.165) is 16.5 Å². The van der Waals surface area contributed by atoms with Gasteiger partial charge in [0.25, 0.3) is 5.91 Å². The van der Waals surface area contributed by atoms with Gasteiger partial charge < -0.3 is 14.2 Å². The molecule has 1 aliphatic heterocycles. The fourth-order valence-corrected chi connectivity index (χ4v) is 3.83. The number of ether oxygens (including phenoxy) is 3. The van der Waals surface area contributed by atoms with Crippen LogP contribution in [-0.2, 0) is 14.3 Å². The molecule has 6 nitrogen and oxygen atoms in total. The zero-order chi connectivity index (χ0) is 24.0. The average Bonchev–Trinajstić information content (AvgIpc) is 3.03. The van der Waals surface area contributed by atoms with Crippen molar-refractivity contribution in [3.05, 3.63) is 69.3 Å². The van der Waals surface area contributed by atoms with Crippen molar-refractivity contribution in [2.75, 3.05) is 24.7 Å². The summed E-state index contributed by atoms with van der Waals surface area (Å²) in [6.07, 6.45) is 2.58. The molecule has 0 spiro atoms. The summed E-state index contributed by atoms with van der Waals surface area (Å²) in [5.41, 5.74) is 2.45. The van der Waals surface area contributed by atoms with Gasteiger partial charge in [-0.05, 0) is 75.2 Å². The first kappa shape index (κ1) is 24.6. The maximum atomic E-state index is 13.5. The molecule has 1 aliphatic rings. The molecule has 0 fully saturated rings. The van der Waals surface area contributed by atoms with Gasteiger partial charge in [-0.2, -0.15) is 0 Å². The number of allylic oxidation sites excluding steroid dienone is 1. The van der Waals surface area contributed by atoms with Crippen molar-refractivity contribution < 1.29 is 23.8 Å². The van der Waals surface area contributed by atoms with Gasteiger partial charge in [0, 0.05) is 15.9 Å². The van der Waals surface area contributed by atoms with Gasteiger partial charge in [-0.3, -0.25) is 9.69 Å². The molecule has 1 heterocycles. The van der Waals surface area contributed by atoms with Crippen LogP contribution < -0.4 is 14.4 Å². The molecule has 1 amide bonds. The zero-order valence-electron chi connectivity index (χ0n) is 19.3. The van der Waals surface area contributed by atoms with Crippen molar-refractivity contribution in [1.82, 2.24) is 0 Å². The Hall–Kier alpha value is -3.06. The number of hydrogen-bond acceptors (Lipinski definition) is 5. The molecule has 33 heavy (non-hydrogen) atoms. The van der Waals surface area contributed by atoms with Gasteiger partial charge in [-0.1, -0.05) is 28.9 Å². The van der Waals surface area contributed by atoms with Gasteiger partial charge >= 0.3 is 5.97 Å². The molecule has 0 aliphatic carbocycles. The van der Waals surface area contributed by atoms with Crippen LogP contribution in [0.25, 0.3) is 6.08 Å². The molecule has 0 aromatic heterocycles. The maximum Gasteiger partial charge on any atom is 0.340 e. The minimum Gasteiger partial charge on any atom is -0.490 e. The Morgan fingerprint density at radius 2 is 1.73 bits per heavy atom. The number of carbonyl (C=O) groups excluding carboxylic acids is 2. The summed E-state index contributed by atoms with van der Waals surface area (Å²) in [5, 5.41) is 0. The second-order valence-corrected chi connectivity index (χ2v) is 8.26. The van der Waals surface area contributed by atoms with Gasteiger partial charge in [0.05, 0.1) is 31.0 Å². The predicted octanol–water partition coefficient (Wildman–Crippen LogP) is 5.90. The summed E-state index contributed by atoms with van der Waals surface area (Å²) in [4.78, 5) is 27.8. The van der Waals surface area contributed by atoms with Crippen molar-refractivity contribution >= 4 is 39.6 Å². The molecule has 0 saturated heterocycles. The van der Waals surface area contributed by atoms with E-state index in [1.54, 1.807) is 19.9 Å². The Morgan fingerprint density at radius 1 is 1.00 bits per heavy atom. The molecular weight excluding hydrogens is 486 g/mol. The second kappa shape index (κ2) is 11.2. The smallest absolute Gasteiger partial charge is 0.340 e. The molecule has 0 radical (unpaired) electrons. The number of amides is 1. The fraction of sp³-hybridized carbons (Fsp3) is 0.308. The minimum absolute atomic E-state index is 0.216. The van der Waals surface area contributed by atoms with E-state index in [2.05, 4.69) is 15.9 Å². The monoisotopic (exact) mass is 513 g/mol. The van der Waals surface area contributed by atoms with Crippen LogP contribution in [0.4, 0.5) is 5.69 Å². The first-order valence-electron chi connectivity index (χ1n) is 11.0. The predicted molar refractivity (Wildman–Crippen MR) is 132 cm³/mol. The topological polar surface area (TPSA) is 65.1 Å². The number of hydrogen-bond donors (Lipinski definition) is 0. The minimum atomic E-state index is -0.526. The molecule has 3 rings (SSSR count). The molecule has 2 aromatic carbocycles. The van der Waals surface area contributed by atoms with Crippen molar-refractivity contribution in [2.24, 2.45) is 0 Å². The van der Waals surface area contributed by atoms with Gasteiger partial charge in [-0.15, -0.1) is 0 Å². The van der Waals surface area contributed by atoms with Crippen LogP contribution in [0.3, 0.4) is 0 Å². The van der Waals surface area contributed by atoms with E-state index in [-0.39, 0.29) is 23.7 Å². The van der Waals surface area contributed by atoms with E-state index in [1.165, 1.54) is 4.90 Å². The lowest BCUT2D eigenvalue weighted by molar-refractivity contribution is -0.138. The van der Waals surface area contributed by atoms with Crippen LogP contribution in [-0.4, -0.2) is 31.7 Å². The Balaban J connectivity index is 2.07. The van der Waals surface area contributed by atoms with Crippen LogP contribution >= 0.6 is 15.9 Å². The van der Waals surface area contributed by atoms with Gasteiger partial charge in [0.2, 0.25) is 0 Å². The number of rotatable bonds is 9. The molecule has 0 unspecified atom stereocenters. The number of halogens is 1. The van der Waals surface area contributed by atoms with E-state index < -0.39 is 5.97 Å². The molecule has 0 atom stereocenters. The van der Waals surface area contributed by atoms with Crippen molar-refractivity contribution in [3.8, 4) is 11.5 Å². The lowest BCUT2D eigenvalue weighted by Crippen LogP contribution is -2.24. The Bertz CT molecular complexity index is 1090. The molecular formula is C26H28BrNO5. The molecule has 7 heteroatoms. The summed E-state index contributed by atoms with van der Waals surface area (Å²) in [7, 11) is 0. The van der Waals surface area contributed by atoms with E-state index in [9.17, 15) is 9.59 Å². The third-order valence-corrected chi connectivity index (χ3v) is 5.53. The highest BCUT2D eigenvalue weighted by molar-refractivity contribution is 9.10. The molecule has 2 aromatic rings. The molecule has 0 bridgehead atoms. The van der Waals surface area contributed by atoms with Crippen molar-refractivity contribution in [1.29, 1.82) is 0 Å². The summed E-state index contributed by atoms with van der Waals surface area (Å²) >= 11 is 3.41. The summed E-state index contributed by atoms with van der Waals surface area (Å²) in [6.45, 7) is 8.70. The molecule has 0 saturated carbocycles. The number of benzene rings is 2. The normalized spacial score (nSPS) is 14.8.